The number of methoxy groups -OCH3 is 1. The molecule has 0 radical (unpaired) electrons. The molecule has 0 saturated heterocycles. The minimum absolute atomic E-state index is 0.0413. The lowest BCUT2D eigenvalue weighted by Gasteiger charge is -2.17. The molecule has 4 nitrogen and oxygen atoms in total. The van der Waals surface area contributed by atoms with Crippen LogP contribution in [0.25, 0.3) is 0 Å². The molecule has 0 aliphatic heterocycles. The van der Waals surface area contributed by atoms with Crippen molar-refractivity contribution in [2.24, 2.45) is 0 Å². The number of rotatable bonds is 7. The van der Waals surface area contributed by atoms with Gasteiger partial charge >= 0.3 is 0 Å². The van der Waals surface area contributed by atoms with Crippen LogP contribution in [0.2, 0.25) is 0 Å². The summed E-state index contributed by atoms with van der Waals surface area (Å²) in [5, 5.41) is 22.6. The molecule has 4 heteroatoms. The lowest BCUT2D eigenvalue weighted by Crippen LogP contribution is -2.34. The molecule has 2 rings (SSSR count). The SMILES string of the molecule is COc1ccc(CC(CO)NCc2ccccc2)cc1O. The maximum atomic E-state index is 9.78. The largest absolute Gasteiger partial charge is 0.504 e. The predicted octanol–water partition coefficient (Wildman–Crippen LogP) is 2.09. The summed E-state index contributed by atoms with van der Waals surface area (Å²) in [5.74, 6) is 0.575. The van der Waals surface area contributed by atoms with Crippen LogP contribution in [0.1, 0.15) is 11.1 Å². The van der Waals surface area contributed by atoms with Gasteiger partial charge in [0.05, 0.1) is 13.7 Å². The van der Waals surface area contributed by atoms with Gasteiger partial charge in [-0.05, 0) is 29.7 Å². The van der Waals surface area contributed by atoms with Crippen molar-refractivity contribution in [1.82, 2.24) is 5.32 Å². The maximum absolute atomic E-state index is 9.78. The van der Waals surface area contributed by atoms with Crippen LogP contribution in [0, 0.1) is 0 Å². The number of aromatic hydroxyl groups is 1. The summed E-state index contributed by atoms with van der Waals surface area (Å²) in [6.45, 7) is 0.744. The summed E-state index contributed by atoms with van der Waals surface area (Å²) in [5.41, 5.74) is 2.13. The third-order valence-corrected chi connectivity index (χ3v) is 3.38. The fraction of sp³-hybridized carbons (Fsp3) is 0.294. The van der Waals surface area contributed by atoms with Crippen molar-refractivity contribution >= 4 is 0 Å². The molecular formula is C17H21NO3. The van der Waals surface area contributed by atoms with E-state index >= 15 is 0 Å². The Kier molecular flexibility index (Phi) is 5.60. The second-order valence-corrected chi connectivity index (χ2v) is 4.96. The molecule has 2 aromatic carbocycles. The Morgan fingerprint density at radius 1 is 1.10 bits per heavy atom. The number of hydrogen-bond acceptors (Lipinski definition) is 4. The van der Waals surface area contributed by atoms with E-state index in [9.17, 15) is 10.2 Å². The Labute approximate surface area is 125 Å². The third-order valence-electron chi connectivity index (χ3n) is 3.38. The first kappa shape index (κ1) is 15.4. The maximum Gasteiger partial charge on any atom is 0.160 e. The first-order valence-electron chi connectivity index (χ1n) is 6.97. The fourth-order valence-corrected chi connectivity index (χ4v) is 2.21. The van der Waals surface area contributed by atoms with Crippen LogP contribution in [0.15, 0.2) is 48.5 Å². The zero-order valence-corrected chi connectivity index (χ0v) is 12.1. The standard InChI is InChI=1S/C17H21NO3/c1-21-17-8-7-14(10-16(17)20)9-15(12-19)18-11-13-5-3-2-4-6-13/h2-8,10,15,18-20H,9,11-12H2,1H3. The molecule has 0 aliphatic carbocycles. The van der Waals surface area contributed by atoms with Crippen molar-refractivity contribution in [1.29, 1.82) is 0 Å². The Hall–Kier alpha value is -2.04. The lowest BCUT2D eigenvalue weighted by atomic mass is 10.1. The number of benzene rings is 2. The van der Waals surface area contributed by atoms with E-state index in [-0.39, 0.29) is 18.4 Å². The highest BCUT2D eigenvalue weighted by Gasteiger charge is 2.10. The van der Waals surface area contributed by atoms with Crippen molar-refractivity contribution in [2.45, 2.75) is 19.0 Å². The van der Waals surface area contributed by atoms with E-state index in [2.05, 4.69) is 5.32 Å². The Morgan fingerprint density at radius 2 is 1.86 bits per heavy atom. The molecule has 0 fully saturated rings. The molecule has 0 heterocycles. The minimum Gasteiger partial charge on any atom is -0.504 e. The molecule has 21 heavy (non-hydrogen) atoms. The number of aliphatic hydroxyl groups is 1. The van der Waals surface area contributed by atoms with Gasteiger partial charge < -0.3 is 20.3 Å². The van der Waals surface area contributed by atoms with Crippen LogP contribution >= 0.6 is 0 Å². The number of phenolic OH excluding ortho intramolecular Hbond substituents is 1. The summed E-state index contributed by atoms with van der Waals surface area (Å²) >= 11 is 0. The Morgan fingerprint density at radius 3 is 2.48 bits per heavy atom. The highest BCUT2D eigenvalue weighted by Crippen LogP contribution is 2.26. The number of phenols is 1. The van der Waals surface area contributed by atoms with Gasteiger partial charge in [-0.2, -0.15) is 0 Å². The number of aliphatic hydroxyl groups excluding tert-OH is 1. The molecule has 112 valence electrons. The summed E-state index contributed by atoms with van der Waals surface area (Å²) in [6, 6.07) is 15.3. The topological polar surface area (TPSA) is 61.7 Å². The van der Waals surface area contributed by atoms with E-state index in [0.717, 1.165) is 5.56 Å². The minimum atomic E-state index is -0.0574. The number of hydrogen-bond donors (Lipinski definition) is 3. The second kappa shape index (κ2) is 7.67. The van der Waals surface area contributed by atoms with Crippen molar-refractivity contribution in [2.75, 3.05) is 13.7 Å². The van der Waals surface area contributed by atoms with Crippen LogP contribution in [0.5, 0.6) is 11.5 Å². The van der Waals surface area contributed by atoms with Gasteiger partial charge in [-0.1, -0.05) is 36.4 Å². The molecule has 1 atom stereocenters. The first-order chi connectivity index (χ1) is 10.2. The monoisotopic (exact) mass is 287 g/mol. The molecule has 3 N–H and O–H groups in total. The highest BCUT2D eigenvalue weighted by molar-refractivity contribution is 5.41. The number of ether oxygens (including phenoxy) is 1. The van der Waals surface area contributed by atoms with E-state index in [1.165, 1.54) is 12.7 Å². The molecule has 0 aromatic heterocycles. The van der Waals surface area contributed by atoms with Gasteiger partial charge in [-0.15, -0.1) is 0 Å². The van der Waals surface area contributed by atoms with Gasteiger partial charge in [0.15, 0.2) is 11.5 Å². The number of nitrogens with one attached hydrogen (secondary N) is 1. The second-order valence-electron chi connectivity index (χ2n) is 4.96. The van der Waals surface area contributed by atoms with Crippen LogP contribution in [-0.4, -0.2) is 30.0 Å². The van der Waals surface area contributed by atoms with Gasteiger partial charge in [-0.25, -0.2) is 0 Å². The van der Waals surface area contributed by atoms with Gasteiger partial charge in [0.1, 0.15) is 0 Å². The van der Waals surface area contributed by atoms with Crippen LogP contribution in [-0.2, 0) is 13.0 Å². The van der Waals surface area contributed by atoms with Gasteiger partial charge in [0, 0.05) is 12.6 Å². The Bertz CT molecular complexity index is 557. The molecule has 0 amide bonds. The van der Waals surface area contributed by atoms with Crippen LogP contribution in [0.3, 0.4) is 0 Å². The lowest BCUT2D eigenvalue weighted by molar-refractivity contribution is 0.240. The molecule has 0 bridgehead atoms. The van der Waals surface area contributed by atoms with E-state index in [1.54, 1.807) is 12.1 Å². The summed E-state index contributed by atoms with van der Waals surface area (Å²) in [4.78, 5) is 0. The normalized spacial score (nSPS) is 12.1. The quantitative estimate of drug-likeness (QED) is 0.730. The molecule has 0 aliphatic rings. The van der Waals surface area contributed by atoms with E-state index < -0.39 is 0 Å². The smallest absolute Gasteiger partial charge is 0.160 e. The molecule has 2 aromatic rings. The third kappa shape index (κ3) is 4.48. The van der Waals surface area contributed by atoms with Crippen molar-refractivity contribution in [3.05, 3.63) is 59.7 Å². The summed E-state index contributed by atoms with van der Waals surface area (Å²) in [7, 11) is 1.52. The molecule has 0 spiro atoms. The van der Waals surface area contributed by atoms with Crippen LogP contribution < -0.4 is 10.1 Å². The molecule has 1 unspecified atom stereocenters. The van der Waals surface area contributed by atoms with Gasteiger partial charge in [-0.3, -0.25) is 0 Å². The molecular weight excluding hydrogens is 266 g/mol. The van der Waals surface area contributed by atoms with Gasteiger partial charge in [0.2, 0.25) is 0 Å². The van der Waals surface area contributed by atoms with Crippen molar-refractivity contribution < 1.29 is 14.9 Å². The van der Waals surface area contributed by atoms with Crippen LogP contribution in [0.4, 0.5) is 0 Å². The van der Waals surface area contributed by atoms with Crippen molar-refractivity contribution in [3.8, 4) is 11.5 Å². The zero-order valence-electron chi connectivity index (χ0n) is 12.1. The van der Waals surface area contributed by atoms with E-state index in [0.29, 0.717) is 18.7 Å². The summed E-state index contributed by atoms with van der Waals surface area (Å²) < 4.78 is 5.02. The predicted molar refractivity (Wildman–Crippen MR) is 82.5 cm³/mol. The van der Waals surface area contributed by atoms with E-state index in [1.807, 2.05) is 36.4 Å². The molecule has 0 saturated carbocycles. The highest BCUT2D eigenvalue weighted by atomic mass is 16.5. The fourth-order valence-electron chi connectivity index (χ4n) is 2.21. The summed E-state index contributed by atoms with van der Waals surface area (Å²) in [6.07, 6.45) is 0.640. The average Bonchev–Trinajstić information content (AvgIpc) is 2.52. The van der Waals surface area contributed by atoms with Crippen molar-refractivity contribution in [3.63, 3.8) is 0 Å². The van der Waals surface area contributed by atoms with Gasteiger partial charge in [0.25, 0.3) is 0 Å². The Balaban J connectivity index is 1.94. The first-order valence-corrected chi connectivity index (χ1v) is 6.97. The zero-order chi connectivity index (χ0) is 15.1. The average molecular weight is 287 g/mol. The van der Waals surface area contributed by atoms with E-state index in [4.69, 9.17) is 4.74 Å².